The molecule has 0 N–H and O–H groups in total. The lowest BCUT2D eigenvalue weighted by atomic mass is 9.95. The quantitative estimate of drug-likeness (QED) is 0.462. The average Bonchev–Trinajstić information content (AvgIpc) is 3.24. The van der Waals surface area contributed by atoms with E-state index in [1.54, 1.807) is 13.2 Å². The summed E-state index contributed by atoms with van der Waals surface area (Å²) in [6.45, 7) is 0. The zero-order chi connectivity index (χ0) is 20.7. The van der Waals surface area contributed by atoms with Crippen LogP contribution in [0.5, 0.6) is 11.5 Å². The highest BCUT2D eigenvalue weighted by Crippen LogP contribution is 2.50. The number of ether oxygens (including phenoxy) is 2. The van der Waals surface area contributed by atoms with Gasteiger partial charge in [-0.15, -0.1) is 0 Å². The van der Waals surface area contributed by atoms with Crippen LogP contribution in [-0.4, -0.2) is 22.8 Å². The Hall–Kier alpha value is -3.87. The first-order valence-electron chi connectivity index (χ1n) is 9.65. The first kappa shape index (κ1) is 18.2. The summed E-state index contributed by atoms with van der Waals surface area (Å²) in [6.07, 6.45) is 0.110. The normalized spacial score (nSPS) is 19.4. The fourth-order valence-corrected chi connectivity index (χ4v) is 4.06. The summed E-state index contributed by atoms with van der Waals surface area (Å²) in [6, 6.07) is 22.3. The Morgan fingerprint density at radius 1 is 1.10 bits per heavy atom. The van der Waals surface area contributed by atoms with Gasteiger partial charge in [0.1, 0.15) is 0 Å². The monoisotopic (exact) mass is 401 g/mol. The van der Waals surface area contributed by atoms with Crippen molar-refractivity contribution in [2.45, 2.75) is 18.7 Å². The molecule has 0 saturated heterocycles. The lowest BCUT2D eigenvalue weighted by Crippen LogP contribution is -2.33. The van der Waals surface area contributed by atoms with Crippen molar-refractivity contribution >= 4 is 11.4 Å². The Labute approximate surface area is 173 Å². The van der Waals surface area contributed by atoms with Crippen LogP contribution in [0.4, 0.5) is 5.69 Å². The SMILES string of the molecule is COc1cccc2c1OC(c1cccc([N+](=O)[O-])c1)N1N=C(c3ccccc3)CC21. The number of rotatable bonds is 4. The molecule has 0 radical (unpaired) electrons. The maximum Gasteiger partial charge on any atom is 0.269 e. The van der Waals surface area contributed by atoms with Crippen LogP contribution in [0.25, 0.3) is 0 Å². The van der Waals surface area contributed by atoms with Gasteiger partial charge in [0.05, 0.1) is 23.8 Å². The van der Waals surface area contributed by atoms with E-state index < -0.39 is 11.2 Å². The second-order valence-corrected chi connectivity index (χ2v) is 7.21. The van der Waals surface area contributed by atoms with Crippen LogP contribution < -0.4 is 9.47 Å². The van der Waals surface area contributed by atoms with Gasteiger partial charge in [0, 0.05) is 29.7 Å². The first-order valence-corrected chi connectivity index (χ1v) is 9.65. The molecule has 2 aliphatic heterocycles. The number of fused-ring (bicyclic) bond motifs is 3. The van der Waals surface area contributed by atoms with E-state index >= 15 is 0 Å². The van der Waals surface area contributed by atoms with Crippen molar-refractivity contribution in [3.63, 3.8) is 0 Å². The van der Waals surface area contributed by atoms with Gasteiger partial charge >= 0.3 is 0 Å². The molecule has 3 aromatic carbocycles. The molecule has 2 atom stereocenters. The number of nitro benzene ring substituents is 1. The third-order valence-electron chi connectivity index (χ3n) is 5.47. The van der Waals surface area contributed by atoms with E-state index in [-0.39, 0.29) is 11.7 Å². The fourth-order valence-electron chi connectivity index (χ4n) is 4.06. The molecule has 5 rings (SSSR count). The molecule has 0 bridgehead atoms. The number of methoxy groups -OCH3 is 1. The number of hydrazone groups is 1. The van der Waals surface area contributed by atoms with Crippen molar-refractivity contribution in [3.05, 3.63) is 99.6 Å². The smallest absolute Gasteiger partial charge is 0.269 e. The van der Waals surface area contributed by atoms with Crippen LogP contribution >= 0.6 is 0 Å². The van der Waals surface area contributed by atoms with Gasteiger partial charge in [-0.25, -0.2) is 5.01 Å². The predicted molar refractivity (Wildman–Crippen MR) is 112 cm³/mol. The summed E-state index contributed by atoms with van der Waals surface area (Å²) in [5.41, 5.74) is 3.68. The molecule has 0 aromatic heterocycles. The minimum Gasteiger partial charge on any atom is -0.493 e. The van der Waals surface area contributed by atoms with Crippen molar-refractivity contribution in [1.29, 1.82) is 0 Å². The molecule has 7 nitrogen and oxygen atoms in total. The predicted octanol–water partition coefficient (Wildman–Crippen LogP) is 4.85. The zero-order valence-electron chi connectivity index (χ0n) is 16.3. The summed E-state index contributed by atoms with van der Waals surface area (Å²) in [4.78, 5) is 10.9. The van der Waals surface area contributed by atoms with Gasteiger partial charge in [0.2, 0.25) is 6.23 Å². The van der Waals surface area contributed by atoms with Crippen LogP contribution in [0, 0.1) is 10.1 Å². The molecule has 7 heteroatoms. The molecule has 30 heavy (non-hydrogen) atoms. The van der Waals surface area contributed by atoms with Gasteiger partial charge in [-0.05, 0) is 11.6 Å². The average molecular weight is 401 g/mol. The Morgan fingerprint density at radius 3 is 2.67 bits per heavy atom. The number of para-hydroxylation sites is 1. The lowest BCUT2D eigenvalue weighted by molar-refractivity contribution is -0.385. The molecule has 0 saturated carbocycles. The first-order chi connectivity index (χ1) is 14.7. The van der Waals surface area contributed by atoms with Crippen LogP contribution in [0.3, 0.4) is 0 Å². The van der Waals surface area contributed by atoms with Gasteiger partial charge in [0.15, 0.2) is 11.5 Å². The summed E-state index contributed by atoms with van der Waals surface area (Å²) < 4.78 is 11.9. The highest BCUT2D eigenvalue weighted by molar-refractivity contribution is 6.01. The van der Waals surface area contributed by atoms with Crippen LogP contribution in [-0.2, 0) is 0 Å². The fraction of sp³-hybridized carbons (Fsp3) is 0.174. The summed E-state index contributed by atoms with van der Waals surface area (Å²) in [7, 11) is 1.61. The van der Waals surface area contributed by atoms with E-state index in [0.29, 0.717) is 23.5 Å². The highest BCUT2D eigenvalue weighted by atomic mass is 16.6. The Balaban J connectivity index is 1.63. The molecule has 3 aromatic rings. The summed E-state index contributed by atoms with van der Waals surface area (Å²) >= 11 is 0. The number of nitro groups is 1. The minimum atomic E-state index is -0.597. The zero-order valence-corrected chi connectivity index (χ0v) is 16.3. The standard InChI is InChI=1S/C23H19N3O4/c1-29-21-12-6-11-18-20-14-19(15-7-3-2-4-8-15)24-25(20)23(30-22(18)21)16-9-5-10-17(13-16)26(27)28/h2-13,20,23H,14H2,1H3. The van der Waals surface area contributed by atoms with Crippen molar-refractivity contribution in [3.8, 4) is 11.5 Å². The maximum absolute atomic E-state index is 11.3. The van der Waals surface area contributed by atoms with Crippen LogP contribution in [0.15, 0.2) is 77.9 Å². The van der Waals surface area contributed by atoms with Crippen molar-refractivity contribution < 1.29 is 14.4 Å². The molecule has 0 aliphatic carbocycles. The van der Waals surface area contributed by atoms with Gasteiger partial charge < -0.3 is 9.47 Å². The lowest BCUT2D eigenvalue weighted by Gasteiger charge is -2.38. The third kappa shape index (κ3) is 2.95. The number of nitrogens with zero attached hydrogens (tertiary/aromatic N) is 3. The molecule has 2 heterocycles. The molecular weight excluding hydrogens is 382 g/mol. The summed E-state index contributed by atoms with van der Waals surface area (Å²) in [5.74, 6) is 1.29. The van der Waals surface area contributed by atoms with Crippen molar-refractivity contribution in [2.24, 2.45) is 5.10 Å². The van der Waals surface area contributed by atoms with Gasteiger partial charge in [-0.1, -0.05) is 54.6 Å². The summed E-state index contributed by atoms with van der Waals surface area (Å²) in [5, 5.41) is 18.1. The molecular formula is C23H19N3O4. The van der Waals surface area contributed by atoms with Gasteiger partial charge in [-0.2, -0.15) is 5.10 Å². The van der Waals surface area contributed by atoms with Gasteiger partial charge in [-0.3, -0.25) is 10.1 Å². The largest absolute Gasteiger partial charge is 0.493 e. The Kier molecular flexibility index (Phi) is 4.35. The number of non-ortho nitro benzene ring substituents is 1. The van der Waals surface area contributed by atoms with E-state index in [1.165, 1.54) is 12.1 Å². The Morgan fingerprint density at radius 2 is 1.90 bits per heavy atom. The minimum absolute atomic E-state index is 0.0185. The van der Waals surface area contributed by atoms with E-state index in [9.17, 15) is 10.1 Å². The third-order valence-corrected chi connectivity index (χ3v) is 5.47. The molecule has 0 fully saturated rings. The van der Waals surface area contributed by atoms with E-state index in [1.807, 2.05) is 59.6 Å². The van der Waals surface area contributed by atoms with Gasteiger partial charge in [0.25, 0.3) is 5.69 Å². The highest BCUT2D eigenvalue weighted by Gasteiger charge is 2.42. The Bertz CT molecular complexity index is 1150. The molecule has 0 spiro atoms. The van der Waals surface area contributed by atoms with Crippen molar-refractivity contribution in [1.82, 2.24) is 5.01 Å². The second-order valence-electron chi connectivity index (χ2n) is 7.21. The molecule has 2 aliphatic rings. The molecule has 2 unspecified atom stereocenters. The van der Waals surface area contributed by atoms with E-state index in [4.69, 9.17) is 14.6 Å². The second kappa shape index (κ2) is 7.18. The van der Waals surface area contributed by atoms with E-state index in [2.05, 4.69) is 0 Å². The van der Waals surface area contributed by atoms with Crippen LogP contribution in [0.1, 0.15) is 35.4 Å². The number of benzene rings is 3. The van der Waals surface area contributed by atoms with E-state index in [0.717, 1.165) is 16.8 Å². The van der Waals surface area contributed by atoms with Crippen molar-refractivity contribution in [2.75, 3.05) is 7.11 Å². The number of hydrogen-bond donors (Lipinski definition) is 0. The molecule has 0 amide bonds. The maximum atomic E-state index is 11.3. The molecule has 150 valence electrons. The number of hydrogen-bond acceptors (Lipinski definition) is 6. The topological polar surface area (TPSA) is 77.2 Å². The van der Waals surface area contributed by atoms with Crippen LogP contribution in [0.2, 0.25) is 0 Å².